The molecule has 2 aromatic carbocycles. The van der Waals surface area contributed by atoms with Gasteiger partial charge in [-0.25, -0.2) is 15.0 Å². The second-order valence-corrected chi connectivity index (χ2v) is 7.53. The molecule has 0 atom stereocenters. The summed E-state index contributed by atoms with van der Waals surface area (Å²) in [4.78, 5) is 28.9. The van der Waals surface area contributed by atoms with Crippen LogP contribution < -0.4 is 25.1 Å². The van der Waals surface area contributed by atoms with Crippen molar-refractivity contribution in [2.45, 2.75) is 6.92 Å². The van der Waals surface area contributed by atoms with Crippen LogP contribution in [0.25, 0.3) is 21.8 Å². The van der Waals surface area contributed by atoms with Crippen LogP contribution in [0.5, 0.6) is 17.2 Å². The largest absolute Gasteiger partial charge is 0.494 e. The zero-order valence-corrected chi connectivity index (χ0v) is 20.0. The number of rotatable bonds is 11. The molecule has 2 heterocycles. The van der Waals surface area contributed by atoms with E-state index < -0.39 is 0 Å². The lowest BCUT2D eigenvalue weighted by molar-refractivity contribution is 0.132. The Morgan fingerprint density at radius 1 is 0.857 bits per heavy atom. The van der Waals surface area contributed by atoms with Crippen LogP contribution >= 0.6 is 0 Å². The molecule has 0 amide bonds. The molecule has 0 aliphatic rings. The van der Waals surface area contributed by atoms with Gasteiger partial charge in [0.2, 0.25) is 11.9 Å². The number of nitrogens with one attached hydrogen (secondary N) is 2. The number of para-hydroxylation sites is 1. The maximum Gasteiger partial charge on any atom is 0.260 e. The summed E-state index contributed by atoms with van der Waals surface area (Å²) in [5, 5.41) is 4.21. The van der Waals surface area contributed by atoms with Gasteiger partial charge in [0.05, 0.1) is 36.9 Å². The van der Waals surface area contributed by atoms with Gasteiger partial charge >= 0.3 is 0 Å². The maximum atomic E-state index is 12.6. The summed E-state index contributed by atoms with van der Waals surface area (Å²) >= 11 is 0. The van der Waals surface area contributed by atoms with E-state index in [9.17, 15) is 4.79 Å². The van der Waals surface area contributed by atoms with Gasteiger partial charge in [0.15, 0.2) is 11.5 Å². The molecule has 0 aliphatic heterocycles. The number of benzene rings is 2. The predicted molar refractivity (Wildman–Crippen MR) is 131 cm³/mol. The number of aromatic nitrogens is 4. The van der Waals surface area contributed by atoms with E-state index in [-0.39, 0.29) is 17.5 Å². The van der Waals surface area contributed by atoms with Gasteiger partial charge in [0.1, 0.15) is 24.5 Å². The third kappa shape index (κ3) is 5.42. The Balaban J connectivity index is 1.71. The van der Waals surface area contributed by atoms with E-state index in [1.165, 1.54) is 7.11 Å². The van der Waals surface area contributed by atoms with Crippen LogP contribution in [0.4, 0.5) is 11.9 Å². The van der Waals surface area contributed by atoms with Crippen molar-refractivity contribution in [1.82, 2.24) is 19.9 Å². The molecule has 11 heteroatoms. The van der Waals surface area contributed by atoms with Crippen LogP contribution in [0, 0.1) is 6.92 Å². The van der Waals surface area contributed by atoms with Gasteiger partial charge in [-0.2, -0.15) is 0 Å². The van der Waals surface area contributed by atoms with Crippen LogP contribution in [0.15, 0.2) is 35.1 Å². The third-order valence-electron chi connectivity index (χ3n) is 5.19. The van der Waals surface area contributed by atoms with Crippen LogP contribution in [0.3, 0.4) is 0 Å². The molecular formula is C24H27N5O6. The van der Waals surface area contributed by atoms with Gasteiger partial charge in [-0.15, -0.1) is 0 Å². The smallest absolute Gasteiger partial charge is 0.260 e. The zero-order valence-electron chi connectivity index (χ0n) is 20.0. The minimum Gasteiger partial charge on any atom is -0.494 e. The molecule has 4 rings (SSSR count). The fourth-order valence-electron chi connectivity index (χ4n) is 3.51. The van der Waals surface area contributed by atoms with E-state index in [4.69, 9.17) is 23.7 Å². The second kappa shape index (κ2) is 11.0. The number of hydrogen-bond acceptors (Lipinski definition) is 10. The average Bonchev–Trinajstić information content (AvgIpc) is 2.84. The SMILES string of the molecule is COCCOc1cc2nc(Nc3nc4c(OC)cccc4c(=O)[nH]3)nc(C)c2cc1OCCOC. The maximum absolute atomic E-state index is 12.6. The van der Waals surface area contributed by atoms with E-state index in [0.29, 0.717) is 65.8 Å². The Morgan fingerprint density at radius 2 is 1.57 bits per heavy atom. The number of anilines is 2. The Bertz CT molecular complexity index is 1390. The van der Waals surface area contributed by atoms with E-state index in [1.807, 2.05) is 13.0 Å². The fourth-order valence-corrected chi connectivity index (χ4v) is 3.51. The van der Waals surface area contributed by atoms with Gasteiger partial charge in [-0.05, 0) is 25.1 Å². The topological polar surface area (TPSA) is 130 Å². The van der Waals surface area contributed by atoms with Crippen molar-refractivity contribution in [2.75, 3.05) is 53.1 Å². The lowest BCUT2D eigenvalue weighted by atomic mass is 10.1. The molecule has 2 aromatic heterocycles. The molecule has 0 bridgehead atoms. The number of ether oxygens (including phenoxy) is 5. The summed E-state index contributed by atoms with van der Waals surface area (Å²) in [5.74, 6) is 2.04. The predicted octanol–water partition coefficient (Wildman–Crippen LogP) is 2.98. The van der Waals surface area contributed by atoms with Gasteiger partial charge in [-0.1, -0.05) is 6.07 Å². The number of nitrogens with zero attached hydrogens (tertiary/aromatic N) is 3. The fraction of sp³-hybridized carbons (Fsp3) is 0.333. The van der Waals surface area contributed by atoms with Crippen LogP contribution in [0.1, 0.15) is 5.69 Å². The Kier molecular flexibility index (Phi) is 7.58. The highest BCUT2D eigenvalue weighted by atomic mass is 16.5. The highest BCUT2D eigenvalue weighted by Crippen LogP contribution is 2.34. The highest BCUT2D eigenvalue weighted by Gasteiger charge is 2.14. The van der Waals surface area contributed by atoms with Crippen LogP contribution in [-0.4, -0.2) is 67.7 Å². The van der Waals surface area contributed by atoms with Crippen molar-refractivity contribution in [2.24, 2.45) is 0 Å². The molecule has 4 aromatic rings. The lowest BCUT2D eigenvalue weighted by Crippen LogP contribution is -2.13. The van der Waals surface area contributed by atoms with Gasteiger partial charge in [-0.3, -0.25) is 15.1 Å². The van der Waals surface area contributed by atoms with Crippen molar-refractivity contribution in [3.63, 3.8) is 0 Å². The molecule has 2 N–H and O–H groups in total. The number of H-pyrrole nitrogens is 1. The van der Waals surface area contributed by atoms with E-state index in [2.05, 4.69) is 25.3 Å². The molecular weight excluding hydrogens is 454 g/mol. The normalized spacial score (nSPS) is 11.1. The number of hydrogen-bond donors (Lipinski definition) is 2. The molecule has 11 nitrogen and oxygen atoms in total. The minimum absolute atomic E-state index is 0.196. The first-order valence-electron chi connectivity index (χ1n) is 10.9. The number of fused-ring (bicyclic) bond motifs is 2. The number of aromatic amines is 1. The summed E-state index contributed by atoms with van der Waals surface area (Å²) in [5.41, 5.74) is 1.47. The Morgan fingerprint density at radius 3 is 2.26 bits per heavy atom. The van der Waals surface area contributed by atoms with Gasteiger partial charge in [0.25, 0.3) is 5.56 Å². The van der Waals surface area contributed by atoms with Gasteiger partial charge < -0.3 is 23.7 Å². The summed E-state index contributed by atoms with van der Waals surface area (Å²) < 4.78 is 27.2. The quantitative estimate of drug-likeness (QED) is 0.308. The first-order valence-corrected chi connectivity index (χ1v) is 10.9. The van der Waals surface area contributed by atoms with Crippen LogP contribution in [-0.2, 0) is 9.47 Å². The molecule has 0 saturated carbocycles. The summed E-state index contributed by atoms with van der Waals surface area (Å²) in [6, 6.07) is 8.79. The molecule has 0 aliphatic carbocycles. The monoisotopic (exact) mass is 481 g/mol. The standard InChI is InChI=1S/C24H27N5O6/c1-14-16-12-19(34-10-8-31-2)20(35-11-9-32-3)13-17(16)26-23(25-14)29-24-27-21-15(22(30)28-24)6-5-7-18(21)33-4/h5-7,12-13H,8-11H2,1-4H3,(H2,25,26,27,28,29,30). The lowest BCUT2D eigenvalue weighted by Gasteiger charge is -2.15. The van der Waals surface area contributed by atoms with Crippen molar-refractivity contribution in [3.8, 4) is 17.2 Å². The minimum atomic E-state index is -0.305. The van der Waals surface area contributed by atoms with E-state index in [0.717, 1.165) is 5.39 Å². The first kappa shape index (κ1) is 24.2. The van der Waals surface area contributed by atoms with Crippen molar-refractivity contribution >= 4 is 33.7 Å². The molecule has 0 unspecified atom stereocenters. The Labute approximate surface area is 201 Å². The van der Waals surface area contributed by atoms with Gasteiger partial charge in [0, 0.05) is 25.7 Å². The van der Waals surface area contributed by atoms with E-state index >= 15 is 0 Å². The summed E-state index contributed by atoms with van der Waals surface area (Å²) in [6.45, 7) is 3.44. The molecule has 0 spiro atoms. The highest BCUT2D eigenvalue weighted by molar-refractivity contribution is 5.86. The van der Waals surface area contributed by atoms with Crippen molar-refractivity contribution in [1.29, 1.82) is 0 Å². The summed E-state index contributed by atoms with van der Waals surface area (Å²) in [6.07, 6.45) is 0. The Hall–Kier alpha value is -3.96. The van der Waals surface area contributed by atoms with E-state index in [1.54, 1.807) is 38.5 Å². The molecule has 0 fully saturated rings. The molecule has 35 heavy (non-hydrogen) atoms. The number of methoxy groups -OCH3 is 3. The second-order valence-electron chi connectivity index (χ2n) is 7.53. The molecule has 184 valence electrons. The summed E-state index contributed by atoms with van der Waals surface area (Å²) in [7, 11) is 4.75. The third-order valence-corrected chi connectivity index (χ3v) is 5.19. The molecule has 0 radical (unpaired) electrons. The first-order chi connectivity index (χ1) is 17.0. The number of aryl methyl sites for hydroxylation is 1. The average molecular weight is 482 g/mol. The van der Waals surface area contributed by atoms with Crippen LogP contribution in [0.2, 0.25) is 0 Å². The van der Waals surface area contributed by atoms with Crippen molar-refractivity contribution < 1.29 is 23.7 Å². The zero-order chi connectivity index (χ0) is 24.8. The molecule has 0 saturated heterocycles. The van der Waals surface area contributed by atoms with Crippen molar-refractivity contribution in [3.05, 3.63) is 46.4 Å².